The molecule has 28 heavy (non-hydrogen) atoms. The lowest BCUT2D eigenvalue weighted by Gasteiger charge is -2.38. The van der Waals surface area contributed by atoms with Gasteiger partial charge in [-0.2, -0.15) is 18.4 Å². The molecule has 2 atom stereocenters. The second-order valence-corrected chi connectivity index (χ2v) is 8.38. The van der Waals surface area contributed by atoms with E-state index in [-0.39, 0.29) is 6.04 Å². The predicted octanol–water partition coefficient (Wildman–Crippen LogP) is 3.96. The van der Waals surface area contributed by atoms with E-state index in [2.05, 4.69) is 28.4 Å². The Labute approximate surface area is 164 Å². The van der Waals surface area contributed by atoms with E-state index in [1.54, 1.807) is 0 Å². The molecular weight excluding hydrogens is 367 g/mol. The summed E-state index contributed by atoms with van der Waals surface area (Å²) in [6, 6.07) is 2.11. The SMILES string of the molecule is N#CC1=CC2CCN(CCC3CCC(NC(=O)CC(F)(F)F)CC3)CC2C=C1. The van der Waals surface area contributed by atoms with Gasteiger partial charge in [-0.3, -0.25) is 4.79 Å². The lowest BCUT2D eigenvalue weighted by atomic mass is 9.80. The smallest absolute Gasteiger partial charge is 0.353 e. The van der Waals surface area contributed by atoms with Gasteiger partial charge in [-0.1, -0.05) is 12.2 Å². The van der Waals surface area contributed by atoms with Crippen LogP contribution in [0.4, 0.5) is 13.2 Å². The fraction of sp³-hybridized carbons (Fsp3) is 0.714. The van der Waals surface area contributed by atoms with Crippen molar-refractivity contribution in [1.29, 1.82) is 5.26 Å². The highest BCUT2D eigenvalue weighted by atomic mass is 19.4. The Morgan fingerprint density at radius 3 is 2.64 bits per heavy atom. The molecule has 1 saturated heterocycles. The van der Waals surface area contributed by atoms with Gasteiger partial charge in [0, 0.05) is 18.2 Å². The topological polar surface area (TPSA) is 56.1 Å². The summed E-state index contributed by atoms with van der Waals surface area (Å²) in [5.41, 5.74) is 0.772. The zero-order chi connectivity index (χ0) is 20.1. The van der Waals surface area contributed by atoms with Gasteiger partial charge in [0.05, 0.1) is 6.07 Å². The van der Waals surface area contributed by atoms with Crippen LogP contribution in [0.15, 0.2) is 23.8 Å². The van der Waals surface area contributed by atoms with Gasteiger partial charge in [0.15, 0.2) is 0 Å². The first-order valence-corrected chi connectivity index (χ1v) is 10.2. The highest BCUT2D eigenvalue weighted by molar-refractivity contribution is 5.76. The molecule has 0 aromatic carbocycles. The summed E-state index contributed by atoms with van der Waals surface area (Å²) >= 11 is 0. The van der Waals surface area contributed by atoms with E-state index in [0.29, 0.717) is 17.8 Å². The van der Waals surface area contributed by atoms with Crippen molar-refractivity contribution in [2.45, 2.75) is 57.2 Å². The van der Waals surface area contributed by atoms with Crippen molar-refractivity contribution in [3.63, 3.8) is 0 Å². The molecule has 0 aromatic rings. The van der Waals surface area contributed by atoms with Crippen molar-refractivity contribution in [2.75, 3.05) is 19.6 Å². The highest BCUT2D eigenvalue weighted by Gasteiger charge is 2.33. The first-order valence-electron chi connectivity index (χ1n) is 10.2. The molecule has 0 bridgehead atoms. The number of piperidine rings is 1. The number of likely N-dealkylation sites (tertiary alicyclic amines) is 1. The van der Waals surface area contributed by atoms with Crippen molar-refractivity contribution in [3.8, 4) is 6.07 Å². The molecule has 3 aliphatic rings. The average Bonchev–Trinajstić information content (AvgIpc) is 2.65. The molecule has 0 radical (unpaired) electrons. The molecule has 2 aliphatic carbocycles. The Morgan fingerprint density at radius 1 is 1.21 bits per heavy atom. The minimum absolute atomic E-state index is 0.115. The molecule has 1 amide bonds. The molecule has 1 N–H and O–H groups in total. The normalized spacial score (nSPS) is 30.9. The molecule has 0 aromatic heterocycles. The highest BCUT2D eigenvalue weighted by Crippen LogP contribution is 2.32. The van der Waals surface area contributed by atoms with Crippen LogP contribution in [0, 0.1) is 29.1 Å². The zero-order valence-electron chi connectivity index (χ0n) is 16.0. The molecule has 2 unspecified atom stereocenters. The third-order valence-electron chi connectivity index (χ3n) is 6.27. The second-order valence-electron chi connectivity index (χ2n) is 8.38. The van der Waals surface area contributed by atoms with Crippen LogP contribution in [0.3, 0.4) is 0 Å². The van der Waals surface area contributed by atoms with E-state index in [0.717, 1.165) is 63.7 Å². The van der Waals surface area contributed by atoms with E-state index >= 15 is 0 Å². The quantitative estimate of drug-likeness (QED) is 0.767. The van der Waals surface area contributed by atoms with Gasteiger partial charge in [-0.25, -0.2) is 0 Å². The van der Waals surface area contributed by atoms with Gasteiger partial charge in [-0.05, 0) is 75.4 Å². The molecular formula is C21H28F3N3O. The van der Waals surface area contributed by atoms with Crippen LogP contribution in [0.2, 0.25) is 0 Å². The number of nitriles is 1. The van der Waals surface area contributed by atoms with Gasteiger partial charge in [0.1, 0.15) is 6.42 Å². The number of nitrogens with zero attached hydrogens (tertiary/aromatic N) is 2. The maximum Gasteiger partial charge on any atom is 0.397 e. The van der Waals surface area contributed by atoms with Crippen LogP contribution in [-0.4, -0.2) is 42.7 Å². The average molecular weight is 395 g/mol. The molecule has 3 rings (SSSR count). The monoisotopic (exact) mass is 395 g/mol. The third kappa shape index (κ3) is 6.10. The summed E-state index contributed by atoms with van der Waals surface area (Å²) in [6.45, 7) is 3.12. The maximum absolute atomic E-state index is 12.3. The standard InChI is InChI=1S/C21H28F3N3O/c22-21(23,24)12-20(28)26-19-5-2-15(3-6-19)7-9-27-10-8-17-11-16(13-25)1-4-18(17)14-27/h1,4,11,15,17-19H,2-3,5-10,12,14H2,(H,26,28). The molecule has 1 saturated carbocycles. The van der Waals surface area contributed by atoms with E-state index in [1.165, 1.54) is 0 Å². The van der Waals surface area contributed by atoms with Crippen LogP contribution in [-0.2, 0) is 4.79 Å². The summed E-state index contributed by atoms with van der Waals surface area (Å²) in [5.74, 6) is 0.644. The number of allylic oxidation sites excluding steroid dienone is 3. The van der Waals surface area contributed by atoms with Crippen LogP contribution < -0.4 is 5.32 Å². The van der Waals surface area contributed by atoms with Gasteiger partial charge < -0.3 is 10.2 Å². The summed E-state index contributed by atoms with van der Waals surface area (Å²) in [6.07, 6.45) is 6.03. The number of rotatable bonds is 5. The number of carbonyl (C=O) groups excluding carboxylic acids is 1. The van der Waals surface area contributed by atoms with E-state index < -0.39 is 18.5 Å². The molecule has 4 nitrogen and oxygen atoms in total. The van der Waals surface area contributed by atoms with E-state index in [4.69, 9.17) is 5.26 Å². The molecule has 154 valence electrons. The zero-order valence-corrected chi connectivity index (χ0v) is 16.0. The van der Waals surface area contributed by atoms with Crippen LogP contribution in [0.25, 0.3) is 0 Å². The van der Waals surface area contributed by atoms with Crippen molar-refractivity contribution < 1.29 is 18.0 Å². The lowest BCUT2D eigenvalue weighted by molar-refractivity contribution is -0.154. The van der Waals surface area contributed by atoms with Crippen molar-refractivity contribution in [3.05, 3.63) is 23.8 Å². The van der Waals surface area contributed by atoms with Crippen molar-refractivity contribution >= 4 is 5.91 Å². The van der Waals surface area contributed by atoms with E-state index in [1.807, 2.05) is 6.08 Å². The number of fused-ring (bicyclic) bond motifs is 1. The Balaban J connectivity index is 1.34. The van der Waals surface area contributed by atoms with Gasteiger partial charge >= 0.3 is 6.18 Å². The van der Waals surface area contributed by atoms with Gasteiger partial charge in [0.25, 0.3) is 0 Å². The Kier molecular flexibility index (Phi) is 6.82. The van der Waals surface area contributed by atoms with E-state index in [9.17, 15) is 18.0 Å². The number of nitrogens with one attached hydrogen (secondary N) is 1. The number of hydrogen-bond donors (Lipinski definition) is 1. The molecule has 7 heteroatoms. The molecule has 0 spiro atoms. The van der Waals surface area contributed by atoms with Crippen LogP contribution in [0.1, 0.15) is 44.9 Å². The molecule has 2 fully saturated rings. The minimum Gasteiger partial charge on any atom is -0.353 e. The summed E-state index contributed by atoms with van der Waals surface area (Å²) in [5, 5.41) is 11.6. The summed E-state index contributed by atoms with van der Waals surface area (Å²) < 4.78 is 36.8. The van der Waals surface area contributed by atoms with Gasteiger partial charge in [-0.15, -0.1) is 0 Å². The molecule has 1 heterocycles. The van der Waals surface area contributed by atoms with Crippen molar-refractivity contribution in [2.24, 2.45) is 17.8 Å². The second kappa shape index (κ2) is 9.13. The number of alkyl halides is 3. The summed E-state index contributed by atoms with van der Waals surface area (Å²) in [4.78, 5) is 13.9. The number of amides is 1. The Hall–Kier alpha value is -1.81. The lowest BCUT2D eigenvalue weighted by Crippen LogP contribution is -2.42. The fourth-order valence-electron chi connectivity index (χ4n) is 4.69. The van der Waals surface area contributed by atoms with Crippen LogP contribution >= 0.6 is 0 Å². The number of carbonyl (C=O) groups is 1. The fourth-order valence-corrected chi connectivity index (χ4v) is 4.69. The Bertz CT molecular complexity index is 657. The number of halogens is 3. The van der Waals surface area contributed by atoms with Gasteiger partial charge in [0.2, 0.25) is 5.91 Å². The Morgan fingerprint density at radius 2 is 1.96 bits per heavy atom. The first-order chi connectivity index (χ1) is 13.3. The number of hydrogen-bond acceptors (Lipinski definition) is 3. The first kappa shape index (κ1) is 20.9. The van der Waals surface area contributed by atoms with Crippen molar-refractivity contribution in [1.82, 2.24) is 10.2 Å². The summed E-state index contributed by atoms with van der Waals surface area (Å²) in [7, 11) is 0. The minimum atomic E-state index is -4.44. The maximum atomic E-state index is 12.3. The third-order valence-corrected chi connectivity index (χ3v) is 6.27. The molecule has 1 aliphatic heterocycles. The predicted molar refractivity (Wildman–Crippen MR) is 100 cm³/mol. The van der Waals surface area contributed by atoms with Crippen LogP contribution in [0.5, 0.6) is 0 Å². The largest absolute Gasteiger partial charge is 0.397 e.